The molecule has 0 unspecified atom stereocenters. The van der Waals surface area contributed by atoms with E-state index in [-0.39, 0.29) is 24.4 Å². The van der Waals surface area contributed by atoms with Crippen LogP contribution in [0.25, 0.3) is 0 Å². The van der Waals surface area contributed by atoms with E-state index < -0.39 is 6.04 Å². The van der Waals surface area contributed by atoms with E-state index in [1.165, 1.54) is 0 Å². The second-order valence-corrected chi connectivity index (χ2v) is 7.50. The van der Waals surface area contributed by atoms with Crippen LogP contribution in [0.1, 0.15) is 24.4 Å². The summed E-state index contributed by atoms with van der Waals surface area (Å²) in [5.41, 5.74) is 1.40. The molecule has 27 heavy (non-hydrogen) atoms. The van der Waals surface area contributed by atoms with Gasteiger partial charge in [0, 0.05) is 11.7 Å². The Morgan fingerprint density at radius 2 is 1.81 bits per heavy atom. The average molecular weight is 406 g/mol. The van der Waals surface area contributed by atoms with Crippen molar-refractivity contribution in [3.05, 3.63) is 64.1 Å². The summed E-state index contributed by atoms with van der Waals surface area (Å²) < 4.78 is 0. The fourth-order valence-corrected chi connectivity index (χ4v) is 3.14. The predicted molar refractivity (Wildman–Crippen MR) is 108 cm³/mol. The minimum Gasteiger partial charge on any atom is -0.352 e. The van der Waals surface area contributed by atoms with E-state index in [1.54, 1.807) is 30.1 Å². The number of benzene rings is 2. The smallest absolute Gasteiger partial charge is 0.242 e. The van der Waals surface area contributed by atoms with Gasteiger partial charge in [-0.3, -0.25) is 14.5 Å². The van der Waals surface area contributed by atoms with Gasteiger partial charge in [0.25, 0.3) is 0 Å². The molecular weight excluding hydrogens is 385 g/mol. The minimum atomic E-state index is -0.536. The predicted octanol–water partition coefficient (Wildman–Crippen LogP) is 3.88. The fourth-order valence-electron chi connectivity index (χ4n) is 2.84. The fraction of sp³-hybridized carbons (Fsp3) is 0.300. The van der Waals surface area contributed by atoms with Crippen LogP contribution in [0.2, 0.25) is 10.0 Å². The Bertz CT molecular complexity index is 825. The Balaban J connectivity index is 1.69. The number of likely N-dealkylation sites (N-methyl/N-ethyl adjacent to an activating group) is 1. The van der Waals surface area contributed by atoms with Crippen molar-refractivity contribution in [3.63, 3.8) is 0 Å². The van der Waals surface area contributed by atoms with Crippen LogP contribution >= 0.6 is 23.2 Å². The Morgan fingerprint density at radius 3 is 2.44 bits per heavy atom. The lowest BCUT2D eigenvalue weighted by Crippen LogP contribution is -2.42. The molecule has 0 heterocycles. The number of rotatable bonds is 7. The number of carbonyl (C=O) groups excluding carboxylic acids is 2. The van der Waals surface area contributed by atoms with Crippen LogP contribution in [0.15, 0.2) is 48.5 Å². The van der Waals surface area contributed by atoms with Crippen molar-refractivity contribution in [3.8, 4) is 0 Å². The first-order valence-electron chi connectivity index (χ1n) is 8.74. The number of carbonyl (C=O) groups is 2. The second-order valence-electron chi connectivity index (χ2n) is 6.69. The average Bonchev–Trinajstić information content (AvgIpc) is 3.43. The maximum absolute atomic E-state index is 12.7. The van der Waals surface area contributed by atoms with Crippen LogP contribution in [-0.4, -0.2) is 36.3 Å². The van der Waals surface area contributed by atoms with Crippen LogP contribution in [0.3, 0.4) is 0 Å². The van der Waals surface area contributed by atoms with Gasteiger partial charge in [-0.15, -0.1) is 0 Å². The normalized spacial score (nSPS) is 14.7. The number of hydrogen-bond donors (Lipinski definition) is 2. The van der Waals surface area contributed by atoms with Gasteiger partial charge in [0.2, 0.25) is 11.8 Å². The number of amides is 2. The Kier molecular flexibility index (Phi) is 6.37. The van der Waals surface area contributed by atoms with Crippen molar-refractivity contribution in [2.45, 2.75) is 24.9 Å². The number of halogens is 2. The summed E-state index contributed by atoms with van der Waals surface area (Å²) in [5, 5.41) is 6.60. The highest BCUT2D eigenvalue weighted by Crippen LogP contribution is 2.26. The van der Waals surface area contributed by atoms with Crippen LogP contribution in [0.4, 0.5) is 5.69 Å². The van der Waals surface area contributed by atoms with Crippen LogP contribution in [0, 0.1) is 0 Å². The maximum atomic E-state index is 12.7. The maximum Gasteiger partial charge on any atom is 0.242 e. The molecule has 1 aliphatic rings. The van der Waals surface area contributed by atoms with Crippen molar-refractivity contribution in [2.24, 2.45) is 0 Å². The molecule has 7 heteroatoms. The quantitative estimate of drug-likeness (QED) is 0.734. The summed E-state index contributed by atoms with van der Waals surface area (Å²) in [5.74, 6) is -0.329. The van der Waals surface area contributed by atoms with Gasteiger partial charge in [-0.1, -0.05) is 53.5 Å². The Morgan fingerprint density at radius 1 is 1.11 bits per heavy atom. The highest BCUT2D eigenvalue weighted by atomic mass is 35.5. The van der Waals surface area contributed by atoms with E-state index >= 15 is 0 Å². The van der Waals surface area contributed by atoms with Gasteiger partial charge in [-0.05, 0) is 43.7 Å². The third kappa shape index (κ3) is 5.45. The number of hydrogen-bond acceptors (Lipinski definition) is 3. The summed E-state index contributed by atoms with van der Waals surface area (Å²) in [7, 11) is 1.76. The van der Waals surface area contributed by atoms with Crippen molar-refractivity contribution in [1.82, 2.24) is 10.2 Å². The van der Waals surface area contributed by atoms with Gasteiger partial charge in [-0.25, -0.2) is 0 Å². The Hall–Kier alpha value is -2.08. The van der Waals surface area contributed by atoms with Gasteiger partial charge < -0.3 is 10.6 Å². The van der Waals surface area contributed by atoms with Gasteiger partial charge in [-0.2, -0.15) is 0 Å². The van der Waals surface area contributed by atoms with Crippen molar-refractivity contribution < 1.29 is 9.59 Å². The number of anilines is 1. The molecule has 0 aliphatic heterocycles. The van der Waals surface area contributed by atoms with Gasteiger partial charge in [0.1, 0.15) is 6.04 Å². The Labute approximate surface area is 168 Å². The molecule has 0 saturated heterocycles. The lowest BCUT2D eigenvalue weighted by Gasteiger charge is -2.27. The molecule has 1 atom stereocenters. The summed E-state index contributed by atoms with van der Waals surface area (Å²) in [6, 6.07) is 14.1. The largest absolute Gasteiger partial charge is 0.352 e. The highest BCUT2D eigenvalue weighted by Gasteiger charge is 2.31. The molecular formula is C20H21Cl2N3O2. The van der Waals surface area contributed by atoms with Crippen molar-refractivity contribution in [2.75, 3.05) is 18.9 Å². The molecule has 2 aromatic rings. The molecule has 0 bridgehead atoms. The van der Waals surface area contributed by atoms with Gasteiger partial charge in [0.05, 0.1) is 16.6 Å². The molecule has 3 rings (SSSR count). The van der Waals surface area contributed by atoms with E-state index in [2.05, 4.69) is 10.6 Å². The molecule has 2 amide bonds. The summed E-state index contributed by atoms with van der Waals surface area (Å²) in [6.45, 7) is 0.0535. The molecule has 1 saturated carbocycles. The summed E-state index contributed by atoms with van der Waals surface area (Å²) >= 11 is 11.9. The van der Waals surface area contributed by atoms with Gasteiger partial charge >= 0.3 is 0 Å². The van der Waals surface area contributed by atoms with E-state index in [4.69, 9.17) is 23.2 Å². The SMILES string of the molecule is CN(CC(=O)Nc1ccc(Cl)c(Cl)c1)[C@H](C(=O)NC1CC1)c1ccccc1. The molecule has 1 fully saturated rings. The van der Waals surface area contributed by atoms with E-state index in [9.17, 15) is 9.59 Å². The van der Waals surface area contributed by atoms with E-state index in [0.29, 0.717) is 15.7 Å². The number of nitrogens with one attached hydrogen (secondary N) is 2. The molecule has 2 aromatic carbocycles. The topological polar surface area (TPSA) is 61.4 Å². The van der Waals surface area contributed by atoms with Crippen molar-refractivity contribution >= 4 is 40.7 Å². The molecule has 0 radical (unpaired) electrons. The third-order valence-electron chi connectivity index (χ3n) is 4.32. The first-order valence-corrected chi connectivity index (χ1v) is 9.50. The third-order valence-corrected chi connectivity index (χ3v) is 5.06. The molecule has 2 N–H and O–H groups in total. The monoisotopic (exact) mass is 405 g/mol. The van der Waals surface area contributed by atoms with Gasteiger partial charge in [0.15, 0.2) is 0 Å². The lowest BCUT2D eigenvalue weighted by molar-refractivity contribution is -0.127. The zero-order valence-corrected chi connectivity index (χ0v) is 16.4. The first-order chi connectivity index (χ1) is 12.9. The molecule has 0 aromatic heterocycles. The zero-order chi connectivity index (χ0) is 19.4. The molecule has 142 valence electrons. The van der Waals surface area contributed by atoms with Crippen molar-refractivity contribution in [1.29, 1.82) is 0 Å². The first kappa shape index (κ1) is 19.7. The summed E-state index contributed by atoms with van der Waals surface area (Å²) in [4.78, 5) is 26.9. The van der Waals surface area contributed by atoms with Crippen LogP contribution in [0.5, 0.6) is 0 Å². The molecule has 5 nitrogen and oxygen atoms in total. The highest BCUT2D eigenvalue weighted by molar-refractivity contribution is 6.42. The van der Waals surface area contributed by atoms with E-state index in [0.717, 1.165) is 18.4 Å². The van der Waals surface area contributed by atoms with E-state index in [1.807, 2.05) is 30.3 Å². The van der Waals surface area contributed by atoms with Crippen LogP contribution in [-0.2, 0) is 9.59 Å². The molecule has 0 spiro atoms. The summed E-state index contributed by atoms with van der Waals surface area (Å²) in [6.07, 6.45) is 2.02. The zero-order valence-electron chi connectivity index (χ0n) is 14.9. The standard InChI is InChI=1S/C20H21Cl2N3O2/c1-25(12-18(26)23-15-9-10-16(21)17(22)11-15)19(13-5-3-2-4-6-13)20(27)24-14-7-8-14/h2-6,9-11,14,19H,7-8,12H2,1H3,(H,23,26)(H,24,27)/t19-/m0/s1. The lowest BCUT2D eigenvalue weighted by atomic mass is 10.0. The minimum absolute atomic E-state index is 0.0535. The second kappa shape index (κ2) is 8.74. The van der Waals surface area contributed by atoms with Crippen LogP contribution < -0.4 is 10.6 Å². The number of nitrogens with zero attached hydrogens (tertiary/aromatic N) is 1. The molecule has 1 aliphatic carbocycles.